The number of anilines is 2. The summed E-state index contributed by atoms with van der Waals surface area (Å²) in [5.41, 5.74) is -0.467. The smallest absolute Gasteiger partial charge is 0.324 e. The zero-order chi connectivity index (χ0) is 27.5. The fourth-order valence-corrected chi connectivity index (χ4v) is 5.47. The Kier molecular flexibility index (Phi) is 7.99. The lowest BCUT2D eigenvalue weighted by molar-refractivity contribution is -0.154. The van der Waals surface area contributed by atoms with Crippen LogP contribution in [0.5, 0.6) is 0 Å². The highest BCUT2D eigenvalue weighted by Crippen LogP contribution is 2.40. The average Bonchev–Trinajstić information content (AvgIpc) is 2.89. The van der Waals surface area contributed by atoms with Crippen molar-refractivity contribution < 1.29 is 32.7 Å². The number of hydrogen-bond donors (Lipinski definition) is 1. The minimum atomic E-state index is -2.89. The molecule has 2 aromatic carbocycles. The van der Waals surface area contributed by atoms with Gasteiger partial charge in [-0.05, 0) is 62.1 Å². The Balaban J connectivity index is 1.49. The van der Waals surface area contributed by atoms with Crippen molar-refractivity contribution in [2.24, 2.45) is 5.41 Å². The summed E-state index contributed by atoms with van der Waals surface area (Å²) in [6.07, 6.45) is -0.275. The van der Waals surface area contributed by atoms with Crippen LogP contribution in [0.1, 0.15) is 44.9 Å². The number of urea groups is 1. The summed E-state index contributed by atoms with van der Waals surface area (Å²) >= 11 is 0. The summed E-state index contributed by atoms with van der Waals surface area (Å²) in [6.45, 7) is 0.216. The maximum Gasteiger partial charge on any atom is 0.324 e. The van der Waals surface area contributed by atoms with Crippen molar-refractivity contribution in [3.63, 3.8) is 0 Å². The molecule has 38 heavy (non-hydrogen) atoms. The number of alkyl halides is 2. The number of carbonyl (C=O) groups excluding carboxylic acids is 2. The number of piperidine rings is 1. The average molecular weight is 532 g/mol. The number of halogens is 3. The number of carboxylic acid groups (broad SMARTS) is 1. The highest BCUT2D eigenvalue weighted by molar-refractivity contribution is 5.97. The van der Waals surface area contributed by atoms with Gasteiger partial charge in [0.25, 0.3) is 0 Å². The molecule has 4 rings (SSSR count). The Bertz CT molecular complexity index is 1150. The van der Waals surface area contributed by atoms with E-state index in [1.165, 1.54) is 39.0 Å². The second-order valence-electron chi connectivity index (χ2n) is 10.3. The highest BCUT2D eigenvalue weighted by atomic mass is 19.3. The number of rotatable bonds is 6. The van der Waals surface area contributed by atoms with Crippen LogP contribution in [-0.4, -0.2) is 60.0 Å². The van der Waals surface area contributed by atoms with Gasteiger partial charge < -0.3 is 14.9 Å². The lowest BCUT2D eigenvalue weighted by atomic mass is 9.75. The maximum absolute atomic E-state index is 14.3. The minimum Gasteiger partial charge on any atom is -0.481 e. The molecule has 0 spiro atoms. The molecule has 1 atom stereocenters. The van der Waals surface area contributed by atoms with Crippen LogP contribution in [-0.2, 0) is 9.59 Å². The first-order valence-corrected chi connectivity index (χ1v) is 12.8. The van der Waals surface area contributed by atoms with Gasteiger partial charge in [-0.1, -0.05) is 18.2 Å². The third-order valence-electron chi connectivity index (χ3n) is 7.72. The molecular formula is C28H32F3N3O4. The number of carboxylic acids is 1. The maximum atomic E-state index is 14.3. The van der Waals surface area contributed by atoms with Gasteiger partial charge in [0.1, 0.15) is 5.82 Å². The van der Waals surface area contributed by atoms with E-state index in [1.807, 2.05) is 0 Å². The first kappa shape index (κ1) is 27.5. The summed E-state index contributed by atoms with van der Waals surface area (Å²) < 4.78 is 41.8. The van der Waals surface area contributed by atoms with Crippen molar-refractivity contribution in [3.05, 3.63) is 60.4 Å². The summed E-state index contributed by atoms with van der Waals surface area (Å²) in [4.78, 5) is 43.4. The van der Waals surface area contributed by atoms with Crippen LogP contribution in [0, 0.1) is 11.2 Å². The molecule has 10 heteroatoms. The van der Waals surface area contributed by atoms with Gasteiger partial charge in [-0.3, -0.25) is 14.5 Å². The van der Waals surface area contributed by atoms with E-state index in [2.05, 4.69) is 0 Å². The number of para-hydroxylation sites is 1. The molecular weight excluding hydrogens is 499 g/mol. The van der Waals surface area contributed by atoms with E-state index in [0.29, 0.717) is 17.8 Å². The van der Waals surface area contributed by atoms with Crippen molar-refractivity contribution in [2.75, 3.05) is 29.9 Å². The van der Waals surface area contributed by atoms with Gasteiger partial charge in [0.15, 0.2) is 0 Å². The second-order valence-corrected chi connectivity index (χ2v) is 10.3. The van der Waals surface area contributed by atoms with Crippen LogP contribution in [0.4, 0.5) is 29.3 Å². The molecule has 0 radical (unpaired) electrons. The molecule has 0 bridgehead atoms. The number of hydrogen-bond acceptors (Lipinski definition) is 3. The highest BCUT2D eigenvalue weighted by Gasteiger charge is 2.47. The fraction of sp³-hybridized carbons (Fsp3) is 0.464. The van der Waals surface area contributed by atoms with Crippen molar-refractivity contribution >= 4 is 29.3 Å². The number of amides is 3. The zero-order valence-electron chi connectivity index (χ0n) is 21.3. The molecule has 1 saturated carbocycles. The van der Waals surface area contributed by atoms with Gasteiger partial charge in [-0.2, -0.15) is 0 Å². The largest absolute Gasteiger partial charge is 0.481 e. The van der Waals surface area contributed by atoms with E-state index in [1.54, 1.807) is 37.4 Å². The van der Waals surface area contributed by atoms with E-state index in [9.17, 15) is 32.7 Å². The minimum absolute atomic E-state index is 0.0422. The summed E-state index contributed by atoms with van der Waals surface area (Å²) in [7, 11) is 1.55. The predicted octanol–water partition coefficient (Wildman–Crippen LogP) is 5.55. The van der Waals surface area contributed by atoms with Crippen LogP contribution in [0.3, 0.4) is 0 Å². The normalized spacial score (nSPS) is 20.4. The molecule has 2 aliphatic rings. The second kappa shape index (κ2) is 11.0. The SMILES string of the molecule is CN(C(=O)N1CCC(CC(=O)N(c2ccccc2)C2CCCC(F)(F)C2)(C(=O)O)CC1)c1ccc(F)cc1. The zero-order valence-corrected chi connectivity index (χ0v) is 21.3. The third-order valence-corrected chi connectivity index (χ3v) is 7.72. The quantitative estimate of drug-likeness (QED) is 0.530. The van der Waals surface area contributed by atoms with E-state index in [-0.39, 0.29) is 51.2 Å². The van der Waals surface area contributed by atoms with Crippen LogP contribution in [0.2, 0.25) is 0 Å². The van der Waals surface area contributed by atoms with Crippen molar-refractivity contribution in [1.29, 1.82) is 0 Å². The first-order chi connectivity index (χ1) is 18.0. The summed E-state index contributed by atoms with van der Waals surface area (Å²) in [6, 6.07) is 12.9. The Labute approximate surface area is 219 Å². The molecule has 7 nitrogen and oxygen atoms in total. The van der Waals surface area contributed by atoms with E-state index < -0.39 is 41.5 Å². The standard InChI is InChI=1S/C28H32F3N3O4/c1-32(21-11-9-20(29)10-12-21)26(38)33-16-14-27(15-17-33,25(36)37)19-24(35)34(22-6-3-2-4-7-22)23-8-5-13-28(30,31)18-23/h2-4,6-7,9-12,23H,5,8,13-19H2,1H3,(H,36,37). The molecule has 3 amide bonds. The molecule has 1 unspecified atom stereocenters. The van der Waals surface area contributed by atoms with Crippen LogP contribution in [0.15, 0.2) is 54.6 Å². The molecule has 1 N–H and O–H groups in total. The number of benzene rings is 2. The van der Waals surface area contributed by atoms with E-state index in [4.69, 9.17) is 0 Å². The number of nitrogens with zero attached hydrogens (tertiary/aromatic N) is 3. The van der Waals surface area contributed by atoms with Crippen LogP contribution in [0.25, 0.3) is 0 Å². The van der Waals surface area contributed by atoms with Gasteiger partial charge >= 0.3 is 12.0 Å². The monoisotopic (exact) mass is 531 g/mol. The number of carbonyl (C=O) groups is 3. The van der Waals surface area contributed by atoms with E-state index >= 15 is 0 Å². The molecule has 0 aromatic heterocycles. The van der Waals surface area contributed by atoms with Gasteiger partial charge in [0.05, 0.1) is 5.41 Å². The van der Waals surface area contributed by atoms with E-state index in [0.717, 1.165) is 0 Å². The molecule has 2 fully saturated rings. The fourth-order valence-electron chi connectivity index (χ4n) is 5.47. The predicted molar refractivity (Wildman–Crippen MR) is 137 cm³/mol. The van der Waals surface area contributed by atoms with Gasteiger partial charge in [0.2, 0.25) is 11.8 Å². The lowest BCUT2D eigenvalue weighted by Gasteiger charge is -2.42. The molecule has 1 heterocycles. The van der Waals surface area contributed by atoms with Crippen molar-refractivity contribution in [1.82, 2.24) is 4.90 Å². The molecule has 204 valence electrons. The number of likely N-dealkylation sites (tertiary alicyclic amines) is 1. The van der Waals surface area contributed by atoms with Crippen molar-refractivity contribution in [2.45, 2.75) is 56.9 Å². The molecule has 1 aliphatic heterocycles. The van der Waals surface area contributed by atoms with Crippen LogP contribution >= 0.6 is 0 Å². The topological polar surface area (TPSA) is 81.2 Å². The Morgan fingerprint density at radius 2 is 1.61 bits per heavy atom. The Morgan fingerprint density at radius 3 is 2.18 bits per heavy atom. The van der Waals surface area contributed by atoms with Gasteiger partial charge in [-0.25, -0.2) is 18.0 Å². The molecule has 1 aliphatic carbocycles. The summed E-state index contributed by atoms with van der Waals surface area (Å²) in [5, 5.41) is 10.2. The van der Waals surface area contributed by atoms with Crippen LogP contribution < -0.4 is 9.80 Å². The Morgan fingerprint density at radius 1 is 0.974 bits per heavy atom. The molecule has 2 aromatic rings. The van der Waals surface area contributed by atoms with Gasteiger partial charge in [0, 0.05) is 56.8 Å². The number of aliphatic carboxylic acids is 1. The summed E-state index contributed by atoms with van der Waals surface area (Å²) in [5.74, 6) is -4.97. The van der Waals surface area contributed by atoms with Crippen molar-refractivity contribution in [3.8, 4) is 0 Å². The molecule has 1 saturated heterocycles. The first-order valence-electron chi connectivity index (χ1n) is 12.8. The third kappa shape index (κ3) is 5.95. The Hall–Kier alpha value is -3.56. The van der Waals surface area contributed by atoms with Gasteiger partial charge in [-0.15, -0.1) is 0 Å². The lowest BCUT2D eigenvalue weighted by Crippen LogP contribution is -2.53.